The monoisotopic (exact) mass is 226 g/mol. The highest BCUT2D eigenvalue weighted by Gasteiger charge is 2.15. The molecular formula is C10H14N2O4. The molecule has 0 aliphatic rings. The Labute approximate surface area is 92.7 Å². The van der Waals surface area contributed by atoms with Crippen molar-refractivity contribution in [3.8, 4) is 0 Å². The summed E-state index contributed by atoms with van der Waals surface area (Å²) in [7, 11) is 0. The molecule has 1 atom stereocenters. The van der Waals surface area contributed by atoms with Crippen molar-refractivity contribution in [3.63, 3.8) is 0 Å². The van der Waals surface area contributed by atoms with Crippen LogP contribution in [0, 0.1) is 10.1 Å². The minimum absolute atomic E-state index is 0.0718. The molecule has 88 valence electrons. The molecule has 1 aromatic carbocycles. The van der Waals surface area contributed by atoms with Gasteiger partial charge in [0.1, 0.15) is 5.69 Å². The lowest BCUT2D eigenvalue weighted by Gasteiger charge is -2.13. The summed E-state index contributed by atoms with van der Waals surface area (Å²) in [6.07, 6.45) is 0. The van der Waals surface area contributed by atoms with E-state index in [1.165, 1.54) is 18.2 Å². The molecule has 0 spiro atoms. The van der Waals surface area contributed by atoms with E-state index in [1.54, 1.807) is 6.92 Å². The zero-order chi connectivity index (χ0) is 12.1. The van der Waals surface area contributed by atoms with Gasteiger partial charge in [0.15, 0.2) is 0 Å². The largest absolute Gasteiger partial charge is 0.394 e. The van der Waals surface area contributed by atoms with Crippen LogP contribution in [0.15, 0.2) is 18.2 Å². The number of nitrogens with zero attached hydrogens (tertiary/aromatic N) is 1. The number of hydrogen-bond donors (Lipinski definition) is 3. The fourth-order valence-corrected chi connectivity index (χ4v) is 1.27. The fourth-order valence-electron chi connectivity index (χ4n) is 1.27. The van der Waals surface area contributed by atoms with Crippen LogP contribution in [-0.4, -0.2) is 27.8 Å². The minimum atomic E-state index is -0.506. The van der Waals surface area contributed by atoms with Crippen molar-refractivity contribution in [3.05, 3.63) is 33.9 Å². The number of hydrogen-bond acceptors (Lipinski definition) is 5. The second-order valence-electron chi connectivity index (χ2n) is 3.49. The van der Waals surface area contributed by atoms with Crippen molar-refractivity contribution in [2.24, 2.45) is 0 Å². The maximum atomic E-state index is 10.7. The second kappa shape index (κ2) is 5.43. The number of aliphatic hydroxyl groups excluding tert-OH is 2. The molecule has 0 heterocycles. The van der Waals surface area contributed by atoms with Crippen molar-refractivity contribution in [2.75, 3.05) is 11.9 Å². The molecule has 1 aromatic rings. The number of benzene rings is 1. The molecule has 6 nitrogen and oxygen atoms in total. The van der Waals surface area contributed by atoms with Crippen LogP contribution in [0.2, 0.25) is 0 Å². The Morgan fingerprint density at radius 1 is 1.50 bits per heavy atom. The summed E-state index contributed by atoms with van der Waals surface area (Å²) in [5, 5.41) is 31.4. The number of anilines is 1. The van der Waals surface area contributed by atoms with E-state index in [2.05, 4.69) is 5.32 Å². The van der Waals surface area contributed by atoms with Crippen LogP contribution in [0.25, 0.3) is 0 Å². The van der Waals surface area contributed by atoms with Crippen LogP contribution < -0.4 is 5.32 Å². The number of nitro groups is 1. The molecule has 6 heteroatoms. The molecule has 0 saturated heterocycles. The SMILES string of the molecule is C[C@@H](CO)Nc1cc(CO)ccc1[N+](=O)[O-]. The van der Waals surface area contributed by atoms with Gasteiger partial charge in [0.2, 0.25) is 0 Å². The van der Waals surface area contributed by atoms with E-state index in [0.717, 1.165) is 0 Å². The van der Waals surface area contributed by atoms with E-state index >= 15 is 0 Å². The summed E-state index contributed by atoms with van der Waals surface area (Å²) in [5.74, 6) is 0. The standard InChI is InChI=1S/C10H14N2O4/c1-7(5-13)11-9-4-8(6-14)2-3-10(9)12(15)16/h2-4,7,11,13-14H,5-6H2,1H3/t7-/m0/s1. The Hall–Kier alpha value is -1.66. The Bertz CT molecular complexity index is 381. The third-order valence-corrected chi connectivity index (χ3v) is 2.12. The molecule has 1 rings (SSSR count). The van der Waals surface area contributed by atoms with Gasteiger partial charge in [-0.05, 0) is 24.6 Å². The maximum absolute atomic E-state index is 10.7. The van der Waals surface area contributed by atoms with Gasteiger partial charge in [-0.2, -0.15) is 0 Å². The van der Waals surface area contributed by atoms with Crippen LogP contribution in [0.5, 0.6) is 0 Å². The first-order chi connectivity index (χ1) is 7.58. The van der Waals surface area contributed by atoms with Gasteiger partial charge in [-0.1, -0.05) is 0 Å². The minimum Gasteiger partial charge on any atom is -0.394 e. The van der Waals surface area contributed by atoms with Gasteiger partial charge in [-0.15, -0.1) is 0 Å². The molecule has 0 unspecified atom stereocenters. The number of nitro benzene ring substituents is 1. The first-order valence-corrected chi connectivity index (χ1v) is 4.84. The summed E-state index contributed by atoms with van der Waals surface area (Å²) in [5.41, 5.74) is 0.814. The van der Waals surface area contributed by atoms with Crippen molar-refractivity contribution in [1.29, 1.82) is 0 Å². The van der Waals surface area contributed by atoms with Gasteiger partial charge in [-0.25, -0.2) is 0 Å². The maximum Gasteiger partial charge on any atom is 0.292 e. The van der Waals surface area contributed by atoms with Gasteiger partial charge in [0.05, 0.1) is 18.1 Å². The van der Waals surface area contributed by atoms with E-state index in [9.17, 15) is 10.1 Å². The lowest BCUT2D eigenvalue weighted by Crippen LogP contribution is -2.20. The highest BCUT2D eigenvalue weighted by atomic mass is 16.6. The average molecular weight is 226 g/mol. The molecule has 0 aromatic heterocycles. The quantitative estimate of drug-likeness (QED) is 0.511. The fraction of sp³-hybridized carbons (Fsp3) is 0.400. The van der Waals surface area contributed by atoms with Crippen molar-refractivity contribution in [1.82, 2.24) is 0 Å². The average Bonchev–Trinajstić information content (AvgIpc) is 2.28. The van der Waals surface area contributed by atoms with Crippen molar-refractivity contribution >= 4 is 11.4 Å². The topological polar surface area (TPSA) is 95.6 Å². The van der Waals surface area contributed by atoms with Gasteiger partial charge in [0, 0.05) is 12.1 Å². The van der Waals surface area contributed by atoms with Crippen LogP contribution in [0.3, 0.4) is 0 Å². The number of nitrogens with one attached hydrogen (secondary N) is 1. The summed E-state index contributed by atoms with van der Waals surface area (Å²) in [6.45, 7) is 1.40. The Balaban J connectivity index is 3.05. The normalized spacial score (nSPS) is 12.2. The summed E-state index contributed by atoms with van der Waals surface area (Å²) in [4.78, 5) is 10.2. The predicted octanol–water partition coefficient (Wildman–Crippen LogP) is 0.880. The molecule has 0 bridgehead atoms. The van der Waals surface area contributed by atoms with Crippen LogP contribution >= 0.6 is 0 Å². The Morgan fingerprint density at radius 2 is 2.19 bits per heavy atom. The zero-order valence-electron chi connectivity index (χ0n) is 8.88. The summed E-state index contributed by atoms with van der Waals surface area (Å²) in [6, 6.07) is 4.04. The molecule has 0 fully saturated rings. The van der Waals surface area contributed by atoms with E-state index < -0.39 is 4.92 Å². The van der Waals surface area contributed by atoms with Crippen molar-refractivity contribution in [2.45, 2.75) is 19.6 Å². The highest BCUT2D eigenvalue weighted by Crippen LogP contribution is 2.26. The van der Waals surface area contributed by atoms with Crippen LogP contribution in [-0.2, 0) is 6.61 Å². The number of aliphatic hydroxyl groups is 2. The third-order valence-electron chi connectivity index (χ3n) is 2.12. The zero-order valence-corrected chi connectivity index (χ0v) is 8.88. The first kappa shape index (κ1) is 12.4. The van der Waals surface area contributed by atoms with Crippen LogP contribution in [0.4, 0.5) is 11.4 Å². The molecule has 3 N–H and O–H groups in total. The van der Waals surface area contributed by atoms with Gasteiger partial charge in [-0.3, -0.25) is 10.1 Å². The van der Waals surface area contributed by atoms with E-state index in [-0.39, 0.29) is 24.9 Å². The molecule has 0 aliphatic carbocycles. The molecule has 0 saturated carbocycles. The lowest BCUT2D eigenvalue weighted by atomic mass is 10.1. The second-order valence-corrected chi connectivity index (χ2v) is 3.49. The van der Waals surface area contributed by atoms with E-state index in [0.29, 0.717) is 11.3 Å². The third kappa shape index (κ3) is 2.91. The smallest absolute Gasteiger partial charge is 0.292 e. The van der Waals surface area contributed by atoms with E-state index in [4.69, 9.17) is 10.2 Å². The molecular weight excluding hydrogens is 212 g/mol. The van der Waals surface area contributed by atoms with Gasteiger partial charge < -0.3 is 15.5 Å². The molecule has 0 radical (unpaired) electrons. The lowest BCUT2D eigenvalue weighted by molar-refractivity contribution is -0.384. The number of rotatable bonds is 5. The Morgan fingerprint density at radius 3 is 2.69 bits per heavy atom. The van der Waals surface area contributed by atoms with Crippen molar-refractivity contribution < 1.29 is 15.1 Å². The predicted molar refractivity (Wildman–Crippen MR) is 59.2 cm³/mol. The summed E-state index contributed by atoms with van der Waals surface area (Å²) >= 11 is 0. The van der Waals surface area contributed by atoms with Crippen LogP contribution in [0.1, 0.15) is 12.5 Å². The molecule has 0 amide bonds. The van der Waals surface area contributed by atoms with E-state index in [1.807, 2.05) is 0 Å². The van der Waals surface area contributed by atoms with Gasteiger partial charge >= 0.3 is 0 Å². The first-order valence-electron chi connectivity index (χ1n) is 4.84. The Kier molecular flexibility index (Phi) is 4.21. The summed E-state index contributed by atoms with van der Waals surface area (Å²) < 4.78 is 0. The molecule has 16 heavy (non-hydrogen) atoms. The molecule has 0 aliphatic heterocycles. The van der Waals surface area contributed by atoms with Gasteiger partial charge in [0.25, 0.3) is 5.69 Å². The highest BCUT2D eigenvalue weighted by molar-refractivity contribution is 5.63.